The molecule has 0 bridgehead atoms. The molecule has 4 nitrogen and oxygen atoms in total. The van der Waals surface area contributed by atoms with Crippen molar-refractivity contribution in [2.75, 3.05) is 5.32 Å². The third-order valence-electron chi connectivity index (χ3n) is 3.43. The summed E-state index contributed by atoms with van der Waals surface area (Å²) in [6.07, 6.45) is 4.79. The SMILES string of the molecule is CCc1ccc(CNc2cccc(-c3cc[nH]n3)c2)nc1. The number of aromatic nitrogens is 3. The zero-order valence-corrected chi connectivity index (χ0v) is 12.0. The molecule has 2 aromatic heterocycles. The van der Waals surface area contributed by atoms with E-state index in [0.29, 0.717) is 6.54 Å². The molecule has 0 atom stereocenters. The fourth-order valence-corrected chi connectivity index (χ4v) is 2.17. The maximum atomic E-state index is 4.46. The summed E-state index contributed by atoms with van der Waals surface area (Å²) in [4.78, 5) is 4.46. The number of pyridine rings is 1. The number of nitrogens with zero attached hydrogens (tertiary/aromatic N) is 2. The van der Waals surface area contributed by atoms with Gasteiger partial charge < -0.3 is 5.32 Å². The summed E-state index contributed by atoms with van der Waals surface area (Å²) >= 11 is 0. The molecule has 3 rings (SSSR count). The zero-order chi connectivity index (χ0) is 14.5. The van der Waals surface area contributed by atoms with Crippen molar-refractivity contribution >= 4 is 5.69 Å². The molecule has 0 saturated heterocycles. The minimum atomic E-state index is 0.716. The van der Waals surface area contributed by atoms with E-state index in [-0.39, 0.29) is 0 Å². The Hall–Kier alpha value is -2.62. The van der Waals surface area contributed by atoms with Gasteiger partial charge in [-0.15, -0.1) is 0 Å². The highest BCUT2D eigenvalue weighted by molar-refractivity contribution is 5.64. The minimum absolute atomic E-state index is 0.716. The molecule has 0 unspecified atom stereocenters. The van der Waals surface area contributed by atoms with E-state index in [4.69, 9.17) is 0 Å². The smallest absolute Gasteiger partial charge is 0.0921 e. The molecule has 0 saturated carbocycles. The van der Waals surface area contributed by atoms with Crippen LogP contribution in [-0.4, -0.2) is 15.2 Å². The molecule has 3 aromatic rings. The number of hydrogen-bond donors (Lipinski definition) is 2. The largest absolute Gasteiger partial charge is 0.379 e. The molecule has 4 heteroatoms. The topological polar surface area (TPSA) is 53.6 Å². The standard InChI is InChI=1S/C17H18N4/c1-2-13-6-7-16(18-11-13)12-19-15-5-3-4-14(10-15)17-8-9-20-21-17/h3-11,19H,2,12H2,1H3,(H,20,21). The summed E-state index contributed by atoms with van der Waals surface area (Å²) in [5, 5.41) is 10.4. The molecule has 106 valence electrons. The Morgan fingerprint density at radius 1 is 1.14 bits per heavy atom. The van der Waals surface area contributed by atoms with Gasteiger partial charge in [-0.1, -0.05) is 25.1 Å². The van der Waals surface area contributed by atoms with Gasteiger partial charge in [0.1, 0.15) is 0 Å². The van der Waals surface area contributed by atoms with Crippen LogP contribution in [0.2, 0.25) is 0 Å². The lowest BCUT2D eigenvalue weighted by Crippen LogP contribution is -2.01. The second kappa shape index (κ2) is 6.22. The first kappa shape index (κ1) is 13.4. The molecular weight excluding hydrogens is 260 g/mol. The van der Waals surface area contributed by atoms with Gasteiger partial charge in [-0.2, -0.15) is 5.10 Å². The quantitative estimate of drug-likeness (QED) is 0.749. The molecule has 0 radical (unpaired) electrons. The summed E-state index contributed by atoms with van der Waals surface area (Å²) in [6.45, 7) is 2.85. The van der Waals surface area contributed by atoms with E-state index in [1.54, 1.807) is 0 Å². The van der Waals surface area contributed by atoms with E-state index in [1.807, 2.05) is 24.5 Å². The van der Waals surface area contributed by atoms with Crippen LogP contribution in [0.4, 0.5) is 5.69 Å². The first-order valence-corrected chi connectivity index (χ1v) is 7.13. The normalized spacial score (nSPS) is 10.5. The van der Waals surface area contributed by atoms with Crippen LogP contribution in [0.5, 0.6) is 0 Å². The van der Waals surface area contributed by atoms with Gasteiger partial charge >= 0.3 is 0 Å². The number of anilines is 1. The first-order valence-electron chi connectivity index (χ1n) is 7.13. The Morgan fingerprint density at radius 3 is 2.81 bits per heavy atom. The highest BCUT2D eigenvalue weighted by atomic mass is 15.1. The van der Waals surface area contributed by atoms with Crippen molar-refractivity contribution in [3.63, 3.8) is 0 Å². The van der Waals surface area contributed by atoms with E-state index in [9.17, 15) is 0 Å². The summed E-state index contributed by atoms with van der Waals surface area (Å²) < 4.78 is 0. The van der Waals surface area contributed by atoms with Crippen LogP contribution in [0.3, 0.4) is 0 Å². The molecule has 0 spiro atoms. The van der Waals surface area contributed by atoms with Crippen LogP contribution in [0, 0.1) is 0 Å². The number of nitrogens with one attached hydrogen (secondary N) is 2. The number of rotatable bonds is 5. The highest BCUT2D eigenvalue weighted by Crippen LogP contribution is 2.20. The molecule has 2 heterocycles. The fraction of sp³-hybridized carbons (Fsp3) is 0.176. The number of benzene rings is 1. The average Bonchev–Trinajstić information content (AvgIpc) is 3.08. The molecule has 2 N–H and O–H groups in total. The zero-order valence-electron chi connectivity index (χ0n) is 12.0. The van der Waals surface area contributed by atoms with Gasteiger partial charge in [0.05, 0.1) is 17.9 Å². The lowest BCUT2D eigenvalue weighted by atomic mass is 10.1. The molecule has 0 fully saturated rings. The molecule has 0 aliphatic rings. The fourth-order valence-electron chi connectivity index (χ4n) is 2.17. The summed E-state index contributed by atoms with van der Waals surface area (Å²) in [5.74, 6) is 0. The van der Waals surface area contributed by atoms with Crippen LogP contribution in [0.1, 0.15) is 18.2 Å². The van der Waals surface area contributed by atoms with Crippen LogP contribution in [0.25, 0.3) is 11.3 Å². The Bertz CT molecular complexity index is 687. The molecule has 1 aromatic carbocycles. The Morgan fingerprint density at radius 2 is 2.10 bits per heavy atom. The Labute approximate surface area is 124 Å². The van der Waals surface area contributed by atoms with E-state index < -0.39 is 0 Å². The molecule has 0 aliphatic heterocycles. The van der Waals surface area contributed by atoms with Gasteiger partial charge in [0.2, 0.25) is 0 Å². The second-order valence-electron chi connectivity index (χ2n) is 4.91. The van der Waals surface area contributed by atoms with Gasteiger partial charge in [0, 0.05) is 23.6 Å². The third-order valence-corrected chi connectivity index (χ3v) is 3.43. The van der Waals surface area contributed by atoms with E-state index in [2.05, 4.69) is 57.8 Å². The second-order valence-corrected chi connectivity index (χ2v) is 4.91. The van der Waals surface area contributed by atoms with Crippen molar-refractivity contribution in [3.05, 3.63) is 66.1 Å². The predicted octanol–water partition coefficient (Wildman–Crippen LogP) is 3.65. The average molecular weight is 278 g/mol. The van der Waals surface area contributed by atoms with Crippen LogP contribution in [-0.2, 0) is 13.0 Å². The Balaban J connectivity index is 1.68. The van der Waals surface area contributed by atoms with Crippen molar-refractivity contribution in [3.8, 4) is 11.3 Å². The van der Waals surface area contributed by atoms with Gasteiger partial charge in [0.15, 0.2) is 0 Å². The monoisotopic (exact) mass is 278 g/mol. The van der Waals surface area contributed by atoms with E-state index in [1.165, 1.54) is 5.56 Å². The van der Waals surface area contributed by atoms with Gasteiger partial charge in [-0.25, -0.2) is 0 Å². The van der Waals surface area contributed by atoms with Gasteiger partial charge in [-0.3, -0.25) is 10.1 Å². The molecule has 0 aliphatic carbocycles. The molecular formula is C17H18N4. The van der Waals surface area contributed by atoms with Crippen molar-refractivity contribution in [2.45, 2.75) is 19.9 Å². The van der Waals surface area contributed by atoms with E-state index >= 15 is 0 Å². The maximum Gasteiger partial charge on any atom is 0.0921 e. The van der Waals surface area contributed by atoms with Crippen molar-refractivity contribution < 1.29 is 0 Å². The minimum Gasteiger partial charge on any atom is -0.379 e. The summed E-state index contributed by atoms with van der Waals surface area (Å²) in [7, 11) is 0. The van der Waals surface area contributed by atoms with Crippen LogP contribution >= 0.6 is 0 Å². The molecule has 0 amide bonds. The van der Waals surface area contributed by atoms with Crippen LogP contribution < -0.4 is 5.32 Å². The predicted molar refractivity (Wildman–Crippen MR) is 85.0 cm³/mol. The van der Waals surface area contributed by atoms with Gasteiger partial charge in [0.25, 0.3) is 0 Å². The van der Waals surface area contributed by atoms with Crippen molar-refractivity contribution in [2.24, 2.45) is 0 Å². The number of aromatic amines is 1. The lowest BCUT2D eigenvalue weighted by Gasteiger charge is -2.07. The summed E-state index contributed by atoms with van der Waals surface area (Å²) in [6, 6.07) is 14.4. The first-order chi connectivity index (χ1) is 10.3. The molecule has 21 heavy (non-hydrogen) atoms. The lowest BCUT2D eigenvalue weighted by molar-refractivity contribution is 1.01. The third kappa shape index (κ3) is 3.28. The maximum absolute atomic E-state index is 4.46. The number of aryl methyl sites for hydroxylation is 1. The highest BCUT2D eigenvalue weighted by Gasteiger charge is 2.01. The van der Waals surface area contributed by atoms with E-state index in [0.717, 1.165) is 29.1 Å². The van der Waals surface area contributed by atoms with Crippen LogP contribution in [0.15, 0.2) is 54.9 Å². The number of H-pyrrole nitrogens is 1. The van der Waals surface area contributed by atoms with Crippen molar-refractivity contribution in [1.29, 1.82) is 0 Å². The Kier molecular flexibility index (Phi) is 3.96. The summed E-state index contributed by atoms with van der Waals surface area (Å²) in [5.41, 5.74) is 5.41. The van der Waals surface area contributed by atoms with Gasteiger partial charge in [-0.05, 0) is 36.2 Å². The van der Waals surface area contributed by atoms with Crippen molar-refractivity contribution in [1.82, 2.24) is 15.2 Å². The number of hydrogen-bond acceptors (Lipinski definition) is 3.